The molecule has 19 heavy (non-hydrogen) atoms. The summed E-state index contributed by atoms with van der Waals surface area (Å²) in [6.07, 6.45) is 5.19. The minimum absolute atomic E-state index is 0.367. The van der Waals surface area contributed by atoms with E-state index >= 15 is 0 Å². The van der Waals surface area contributed by atoms with E-state index in [4.69, 9.17) is 0 Å². The first-order valence-corrected chi connectivity index (χ1v) is 7.93. The number of rotatable bonds is 2. The van der Waals surface area contributed by atoms with Gasteiger partial charge in [0.25, 0.3) is 5.78 Å². The molecule has 0 aliphatic carbocycles. The first-order chi connectivity index (χ1) is 9.17. The molecule has 2 aromatic rings. The second-order valence-electron chi connectivity index (χ2n) is 3.67. The lowest BCUT2D eigenvalue weighted by molar-refractivity contribution is -0.113. The van der Waals surface area contributed by atoms with E-state index in [-0.39, 0.29) is 0 Å². The molecule has 0 bridgehead atoms. The van der Waals surface area contributed by atoms with Gasteiger partial charge in [-0.1, -0.05) is 18.2 Å². The number of nitrogens with one attached hydrogen (secondary N) is 1. The number of hydrogen-bond acceptors (Lipinski definition) is 4. The highest BCUT2D eigenvalue weighted by Gasteiger charge is 2.19. The minimum Gasteiger partial charge on any atom is -0.360 e. The summed E-state index contributed by atoms with van der Waals surface area (Å²) >= 11 is 2.70. The Labute approximate surface area is 119 Å². The van der Waals surface area contributed by atoms with Crippen molar-refractivity contribution in [2.75, 3.05) is 12.5 Å². The first-order valence-electron chi connectivity index (χ1n) is 5.48. The number of H-pyrrole nitrogens is 1. The number of benzene rings is 1. The Balaban J connectivity index is 2.34. The lowest BCUT2D eigenvalue weighted by Crippen LogP contribution is -2.12. The van der Waals surface area contributed by atoms with E-state index in [1.165, 1.54) is 23.5 Å². The number of ketones is 1. The SMILES string of the molecule is CSC(=NC(=O)C(=O)c1c[nH]c2ccccc12)SC. The lowest BCUT2D eigenvalue weighted by Gasteiger charge is -1.97. The predicted octanol–water partition coefficient (Wildman–Crippen LogP) is 2.96. The monoisotopic (exact) mass is 292 g/mol. The molecule has 0 spiro atoms. The molecule has 1 amide bonds. The van der Waals surface area contributed by atoms with E-state index in [0.717, 1.165) is 10.9 Å². The Morgan fingerprint density at radius 3 is 2.53 bits per heavy atom. The summed E-state index contributed by atoms with van der Waals surface area (Å²) in [5, 5.41) is 0.742. The smallest absolute Gasteiger partial charge is 0.319 e. The molecule has 0 aliphatic rings. The molecular weight excluding hydrogens is 280 g/mol. The molecule has 6 heteroatoms. The predicted molar refractivity (Wildman–Crippen MR) is 82.1 cm³/mol. The molecule has 1 aromatic carbocycles. The van der Waals surface area contributed by atoms with E-state index in [1.54, 1.807) is 12.3 Å². The van der Waals surface area contributed by atoms with Crippen molar-refractivity contribution in [3.8, 4) is 0 Å². The van der Waals surface area contributed by atoms with Crippen LogP contribution in [-0.2, 0) is 4.79 Å². The molecule has 0 fully saturated rings. The van der Waals surface area contributed by atoms with Crippen LogP contribution in [0.15, 0.2) is 35.5 Å². The van der Waals surface area contributed by atoms with Crippen LogP contribution in [0.5, 0.6) is 0 Å². The van der Waals surface area contributed by atoms with Crippen LogP contribution in [0, 0.1) is 0 Å². The fourth-order valence-corrected chi connectivity index (χ4v) is 2.70. The number of fused-ring (bicyclic) bond motifs is 1. The molecule has 0 aliphatic heterocycles. The van der Waals surface area contributed by atoms with E-state index in [0.29, 0.717) is 9.94 Å². The summed E-state index contributed by atoms with van der Waals surface area (Å²) in [7, 11) is 0. The highest BCUT2D eigenvalue weighted by molar-refractivity contribution is 8.38. The van der Waals surface area contributed by atoms with Gasteiger partial charge in [0.1, 0.15) is 4.38 Å². The third-order valence-corrected chi connectivity index (χ3v) is 4.45. The number of Topliss-reactive ketones (excluding diaryl/α,β-unsaturated/α-hetero) is 1. The quantitative estimate of drug-likeness (QED) is 0.400. The van der Waals surface area contributed by atoms with E-state index in [2.05, 4.69) is 9.98 Å². The lowest BCUT2D eigenvalue weighted by atomic mass is 10.1. The van der Waals surface area contributed by atoms with Crippen LogP contribution in [0.1, 0.15) is 10.4 Å². The fraction of sp³-hybridized carbons (Fsp3) is 0.154. The molecule has 0 unspecified atom stereocenters. The molecule has 0 radical (unpaired) electrons. The highest BCUT2D eigenvalue weighted by atomic mass is 32.2. The molecule has 2 rings (SSSR count). The van der Waals surface area contributed by atoms with Gasteiger partial charge in [-0.15, -0.1) is 23.5 Å². The van der Waals surface area contributed by atoms with Crippen LogP contribution in [0.4, 0.5) is 0 Å². The second-order valence-corrected chi connectivity index (χ2v) is 5.52. The van der Waals surface area contributed by atoms with Crippen molar-refractivity contribution in [1.82, 2.24) is 4.98 Å². The maximum atomic E-state index is 12.1. The number of nitrogens with zero attached hydrogens (tertiary/aromatic N) is 1. The number of carbonyl (C=O) groups excluding carboxylic acids is 2. The number of carbonyl (C=O) groups is 2. The van der Waals surface area contributed by atoms with Crippen LogP contribution in [0.2, 0.25) is 0 Å². The van der Waals surface area contributed by atoms with Crippen molar-refractivity contribution < 1.29 is 9.59 Å². The topological polar surface area (TPSA) is 62.3 Å². The van der Waals surface area contributed by atoms with E-state index in [9.17, 15) is 9.59 Å². The van der Waals surface area contributed by atoms with Crippen molar-refractivity contribution in [3.05, 3.63) is 36.0 Å². The zero-order valence-corrected chi connectivity index (χ0v) is 12.1. The summed E-state index contributed by atoms with van der Waals surface area (Å²) in [5.41, 5.74) is 1.20. The number of aromatic nitrogens is 1. The average Bonchev–Trinajstić information content (AvgIpc) is 2.87. The number of aromatic amines is 1. The van der Waals surface area contributed by atoms with Gasteiger partial charge in [-0.2, -0.15) is 4.99 Å². The third kappa shape index (κ3) is 2.90. The molecule has 0 saturated heterocycles. The molecule has 0 saturated carbocycles. The zero-order valence-electron chi connectivity index (χ0n) is 10.5. The maximum Gasteiger partial charge on any atom is 0.319 e. The fourth-order valence-electron chi connectivity index (χ4n) is 1.68. The second kappa shape index (κ2) is 6.08. The van der Waals surface area contributed by atoms with Crippen LogP contribution < -0.4 is 0 Å². The average molecular weight is 292 g/mol. The molecular formula is C13H12N2O2S2. The Kier molecular flexibility index (Phi) is 4.44. The largest absolute Gasteiger partial charge is 0.360 e. The maximum absolute atomic E-state index is 12.1. The third-order valence-electron chi connectivity index (χ3n) is 2.57. The van der Waals surface area contributed by atoms with Crippen molar-refractivity contribution >= 4 is 50.5 Å². The number of aliphatic imine (C=N–C) groups is 1. The van der Waals surface area contributed by atoms with Crippen LogP contribution in [0.3, 0.4) is 0 Å². The van der Waals surface area contributed by atoms with Crippen LogP contribution >= 0.6 is 23.5 Å². The van der Waals surface area contributed by atoms with Crippen LogP contribution in [0.25, 0.3) is 10.9 Å². The summed E-state index contributed by atoms with van der Waals surface area (Å²) < 4.78 is 0.582. The molecule has 1 aromatic heterocycles. The molecule has 1 heterocycles. The van der Waals surface area contributed by atoms with Crippen molar-refractivity contribution in [2.24, 2.45) is 4.99 Å². The number of para-hydroxylation sites is 1. The van der Waals surface area contributed by atoms with Gasteiger partial charge >= 0.3 is 5.91 Å². The van der Waals surface area contributed by atoms with Gasteiger partial charge in [0.15, 0.2) is 0 Å². The number of thioether (sulfide) groups is 2. The normalized spacial score (nSPS) is 10.4. The molecule has 98 valence electrons. The van der Waals surface area contributed by atoms with Gasteiger partial charge in [-0.05, 0) is 18.6 Å². The van der Waals surface area contributed by atoms with Gasteiger partial charge in [0, 0.05) is 17.1 Å². The van der Waals surface area contributed by atoms with Crippen molar-refractivity contribution in [1.29, 1.82) is 0 Å². The highest BCUT2D eigenvalue weighted by Crippen LogP contribution is 2.19. The summed E-state index contributed by atoms with van der Waals surface area (Å²) in [5.74, 6) is -1.32. The van der Waals surface area contributed by atoms with Gasteiger partial charge in [-0.3, -0.25) is 9.59 Å². The number of amides is 1. The van der Waals surface area contributed by atoms with Crippen molar-refractivity contribution in [3.63, 3.8) is 0 Å². The Hall–Kier alpha value is -1.53. The van der Waals surface area contributed by atoms with Gasteiger partial charge in [0.2, 0.25) is 0 Å². The van der Waals surface area contributed by atoms with E-state index in [1.807, 2.05) is 30.7 Å². The van der Waals surface area contributed by atoms with Crippen molar-refractivity contribution in [2.45, 2.75) is 0 Å². The van der Waals surface area contributed by atoms with Gasteiger partial charge < -0.3 is 4.98 Å². The Morgan fingerprint density at radius 1 is 1.16 bits per heavy atom. The standard InChI is InChI=1S/C13H12N2O2S2/c1-18-13(19-2)15-12(17)11(16)9-7-14-10-6-4-3-5-8(9)10/h3-7,14H,1-2H3. The summed E-state index contributed by atoms with van der Waals surface area (Å²) in [6.45, 7) is 0. The Bertz CT molecular complexity index is 655. The van der Waals surface area contributed by atoms with Gasteiger partial charge in [-0.25, -0.2) is 0 Å². The number of hydrogen-bond donors (Lipinski definition) is 1. The minimum atomic E-state index is -0.733. The molecule has 1 N–H and O–H groups in total. The first kappa shape index (κ1) is 13.9. The van der Waals surface area contributed by atoms with E-state index < -0.39 is 11.7 Å². The Morgan fingerprint density at radius 2 is 1.84 bits per heavy atom. The molecule has 0 atom stereocenters. The zero-order chi connectivity index (χ0) is 13.8. The summed E-state index contributed by atoms with van der Waals surface area (Å²) in [6, 6.07) is 7.36. The van der Waals surface area contributed by atoms with Gasteiger partial charge in [0.05, 0.1) is 5.56 Å². The van der Waals surface area contributed by atoms with Crippen LogP contribution in [-0.4, -0.2) is 33.6 Å². The summed E-state index contributed by atoms with van der Waals surface area (Å²) in [4.78, 5) is 30.7. The molecule has 4 nitrogen and oxygen atoms in total.